The summed E-state index contributed by atoms with van der Waals surface area (Å²) in [6.07, 6.45) is 0.220. The number of carbonyl (C=O) groups is 1. The van der Waals surface area contributed by atoms with Crippen molar-refractivity contribution >= 4 is 5.78 Å². The standard InChI is InChI=1S/C9H17NO2/c1-9(2,3)8(12)7-4-6(11)5-10-7/h6-7,10-11H,4-5H2,1-3H3/t6-,7-/m0/s1. The highest BCUT2D eigenvalue weighted by Crippen LogP contribution is 2.21. The highest BCUT2D eigenvalue weighted by atomic mass is 16.3. The van der Waals surface area contributed by atoms with Crippen molar-refractivity contribution < 1.29 is 9.90 Å². The molecule has 0 radical (unpaired) electrons. The summed E-state index contributed by atoms with van der Waals surface area (Å²) in [5.74, 6) is 0.194. The molecule has 0 aromatic carbocycles. The third-order valence-electron chi connectivity index (χ3n) is 2.16. The maximum atomic E-state index is 11.6. The van der Waals surface area contributed by atoms with Gasteiger partial charge < -0.3 is 10.4 Å². The molecule has 0 spiro atoms. The molecule has 1 fully saturated rings. The Bertz CT molecular complexity index is 183. The van der Waals surface area contributed by atoms with Crippen molar-refractivity contribution in [3.8, 4) is 0 Å². The normalized spacial score (nSPS) is 30.7. The first-order chi connectivity index (χ1) is 5.41. The molecule has 0 bridgehead atoms. The minimum Gasteiger partial charge on any atom is -0.392 e. The third kappa shape index (κ3) is 2.05. The topological polar surface area (TPSA) is 49.3 Å². The van der Waals surface area contributed by atoms with E-state index in [1.807, 2.05) is 20.8 Å². The Morgan fingerprint density at radius 3 is 2.42 bits per heavy atom. The molecule has 70 valence electrons. The molecule has 0 amide bonds. The number of rotatable bonds is 1. The first kappa shape index (κ1) is 9.68. The van der Waals surface area contributed by atoms with Crippen LogP contribution in [0.25, 0.3) is 0 Å². The van der Waals surface area contributed by atoms with Crippen LogP contribution in [-0.4, -0.2) is 29.6 Å². The summed E-state index contributed by atoms with van der Waals surface area (Å²) in [5.41, 5.74) is -0.304. The van der Waals surface area contributed by atoms with Crippen LogP contribution in [-0.2, 0) is 4.79 Å². The molecule has 0 aromatic rings. The highest BCUT2D eigenvalue weighted by molar-refractivity contribution is 5.89. The first-order valence-electron chi connectivity index (χ1n) is 4.37. The van der Waals surface area contributed by atoms with Crippen LogP contribution >= 0.6 is 0 Å². The van der Waals surface area contributed by atoms with E-state index >= 15 is 0 Å². The molecular weight excluding hydrogens is 154 g/mol. The molecule has 0 unspecified atom stereocenters. The Labute approximate surface area is 73.2 Å². The second kappa shape index (κ2) is 3.15. The molecule has 0 aliphatic carbocycles. The minimum atomic E-state index is -0.346. The van der Waals surface area contributed by atoms with Crippen LogP contribution in [0.5, 0.6) is 0 Å². The molecule has 1 saturated heterocycles. The molecule has 1 aliphatic heterocycles. The predicted molar refractivity (Wildman–Crippen MR) is 46.9 cm³/mol. The van der Waals surface area contributed by atoms with E-state index < -0.39 is 0 Å². The van der Waals surface area contributed by atoms with E-state index in [1.54, 1.807) is 0 Å². The van der Waals surface area contributed by atoms with Crippen molar-refractivity contribution in [1.82, 2.24) is 5.32 Å². The number of aliphatic hydroxyl groups excluding tert-OH is 1. The Morgan fingerprint density at radius 2 is 2.08 bits per heavy atom. The summed E-state index contributed by atoms with van der Waals surface area (Å²) >= 11 is 0. The van der Waals surface area contributed by atoms with Crippen LogP contribution in [0.1, 0.15) is 27.2 Å². The number of hydrogen-bond donors (Lipinski definition) is 2. The summed E-state index contributed by atoms with van der Waals surface area (Å²) in [4.78, 5) is 11.6. The average molecular weight is 171 g/mol. The summed E-state index contributed by atoms with van der Waals surface area (Å²) < 4.78 is 0. The van der Waals surface area contributed by atoms with Crippen LogP contribution in [0.3, 0.4) is 0 Å². The molecule has 12 heavy (non-hydrogen) atoms. The fourth-order valence-electron chi connectivity index (χ4n) is 1.44. The van der Waals surface area contributed by atoms with E-state index in [2.05, 4.69) is 5.32 Å². The monoisotopic (exact) mass is 171 g/mol. The van der Waals surface area contributed by atoms with Crippen molar-refractivity contribution in [1.29, 1.82) is 0 Å². The maximum absolute atomic E-state index is 11.6. The molecule has 1 rings (SSSR count). The lowest BCUT2D eigenvalue weighted by Crippen LogP contribution is -2.38. The largest absolute Gasteiger partial charge is 0.392 e. The number of carbonyl (C=O) groups excluding carboxylic acids is 1. The van der Waals surface area contributed by atoms with Gasteiger partial charge in [-0.05, 0) is 6.42 Å². The first-order valence-corrected chi connectivity index (χ1v) is 4.37. The van der Waals surface area contributed by atoms with Gasteiger partial charge in [0.15, 0.2) is 5.78 Å². The van der Waals surface area contributed by atoms with Gasteiger partial charge in [-0.2, -0.15) is 0 Å². The van der Waals surface area contributed by atoms with E-state index in [1.165, 1.54) is 0 Å². The Kier molecular flexibility index (Phi) is 2.54. The van der Waals surface area contributed by atoms with Gasteiger partial charge in [0.05, 0.1) is 12.1 Å². The number of aliphatic hydroxyl groups is 1. The van der Waals surface area contributed by atoms with E-state index in [-0.39, 0.29) is 23.3 Å². The zero-order valence-corrected chi connectivity index (χ0v) is 7.92. The zero-order valence-electron chi connectivity index (χ0n) is 7.92. The second-order valence-corrected chi connectivity index (χ2v) is 4.46. The van der Waals surface area contributed by atoms with Gasteiger partial charge in [0.2, 0.25) is 0 Å². The molecule has 3 nitrogen and oxygen atoms in total. The van der Waals surface area contributed by atoms with Crippen molar-refractivity contribution in [2.75, 3.05) is 6.54 Å². The van der Waals surface area contributed by atoms with Gasteiger partial charge in [-0.1, -0.05) is 20.8 Å². The van der Waals surface area contributed by atoms with Gasteiger partial charge >= 0.3 is 0 Å². The smallest absolute Gasteiger partial charge is 0.155 e. The summed E-state index contributed by atoms with van der Waals surface area (Å²) in [6.45, 7) is 6.26. The van der Waals surface area contributed by atoms with Gasteiger partial charge in [0.1, 0.15) is 0 Å². The van der Waals surface area contributed by atoms with E-state index in [0.717, 1.165) is 0 Å². The van der Waals surface area contributed by atoms with Gasteiger partial charge in [0, 0.05) is 12.0 Å². The van der Waals surface area contributed by atoms with Crippen LogP contribution < -0.4 is 5.32 Å². The van der Waals surface area contributed by atoms with Crippen LogP contribution in [0.2, 0.25) is 0 Å². The average Bonchev–Trinajstić information content (AvgIpc) is 2.32. The Balaban J connectivity index is 2.55. The lowest BCUT2D eigenvalue weighted by molar-refractivity contribution is -0.128. The Morgan fingerprint density at radius 1 is 1.50 bits per heavy atom. The molecule has 2 N–H and O–H groups in total. The maximum Gasteiger partial charge on any atom is 0.155 e. The molecule has 0 saturated carbocycles. The number of β-amino-alcohol motifs (C(OH)–C–C–N with tert-alkyl or cyclic N) is 1. The zero-order chi connectivity index (χ0) is 9.35. The molecule has 1 aliphatic rings. The third-order valence-corrected chi connectivity index (χ3v) is 2.16. The van der Waals surface area contributed by atoms with Crippen molar-refractivity contribution in [3.05, 3.63) is 0 Å². The molecule has 0 aromatic heterocycles. The SMILES string of the molecule is CC(C)(C)C(=O)[C@@H]1C[C@H](O)CN1. The van der Waals surface area contributed by atoms with Crippen molar-refractivity contribution in [2.45, 2.75) is 39.3 Å². The number of hydrogen-bond acceptors (Lipinski definition) is 3. The van der Waals surface area contributed by atoms with Gasteiger partial charge in [-0.3, -0.25) is 4.79 Å². The number of Topliss-reactive ketones (excluding diaryl/α,β-unsaturated/α-hetero) is 1. The second-order valence-electron chi connectivity index (χ2n) is 4.46. The predicted octanol–water partition coefficient (Wildman–Crippen LogP) is 0.324. The summed E-state index contributed by atoms with van der Waals surface area (Å²) in [6, 6.07) is -0.139. The molecule has 2 atom stereocenters. The molecule has 3 heteroatoms. The van der Waals surface area contributed by atoms with Crippen molar-refractivity contribution in [2.24, 2.45) is 5.41 Å². The lowest BCUT2D eigenvalue weighted by Gasteiger charge is -2.21. The van der Waals surface area contributed by atoms with E-state index in [0.29, 0.717) is 13.0 Å². The number of nitrogens with one attached hydrogen (secondary N) is 1. The van der Waals surface area contributed by atoms with Gasteiger partial charge in [-0.25, -0.2) is 0 Å². The van der Waals surface area contributed by atoms with Crippen LogP contribution in [0.15, 0.2) is 0 Å². The Hall–Kier alpha value is -0.410. The lowest BCUT2D eigenvalue weighted by atomic mass is 9.86. The highest BCUT2D eigenvalue weighted by Gasteiger charge is 2.34. The quantitative estimate of drug-likeness (QED) is 0.597. The van der Waals surface area contributed by atoms with Gasteiger partial charge in [-0.15, -0.1) is 0 Å². The van der Waals surface area contributed by atoms with Crippen LogP contribution in [0, 0.1) is 5.41 Å². The number of ketones is 1. The molecular formula is C9H17NO2. The van der Waals surface area contributed by atoms with E-state index in [9.17, 15) is 9.90 Å². The summed E-state index contributed by atoms with van der Waals surface area (Å²) in [7, 11) is 0. The van der Waals surface area contributed by atoms with Crippen molar-refractivity contribution in [3.63, 3.8) is 0 Å². The van der Waals surface area contributed by atoms with E-state index in [4.69, 9.17) is 0 Å². The minimum absolute atomic E-state index is 0.139. The van der Waals surface area contributed by atoms with Crippen LogP contribution in [0.4, 0.5) is 0 Å². The molecule has 1 heterocycles. The fourth-order valence-corrected chi connectivity index (χ4v) is 1.44. The van der Waals surface area contributed by atoms with Gasteiger partial charge in [0.25, 0.3) is 0 Å². The summed E-state index contributed by atoms with van der Waals surface area (Å²) in [5, 5.41) is 12.2. The fraction of sp³-hybridized carbons (Fsp3) is 0.889.